The Bertz CT molecular complexity index is 193. The van der Waals surface area contributed by atoms with Gasteiger partial charge in [-0.25, -0.2) is 0 Å². The zero-order valence-corrected chi connectivity index (χ0v) is 8.97. The average molecular weight is 183 g/mol. The molecule has 1 saturated carbocycles. The predicted octanol–water partition coefficient (Wildman–Crippen LogP) is 1.94. The summed E-state index contributed by atoms with van der Waals surface area (Å²) in [5, 5.41) is 3.63. The second kappa shape index (κ2) is 3.25. The maximum absolute atomic E-state index is 5.97. The molecule has 1 aliphatic heterocycles. The van der Waals surface area contributed by atoms with Gasteiger partial charge >= 0.3 is 0 Å². The Morgan fingerprint density at radius 1 is 1.31 bits per heavy atom. The van der Waals surface area contributed by atoms with E-state index in [0.717, 1.165) is 5.92 Å². The van der Waals surface area contributed by atoms with Gasteiger partial charge in [-0.15, -0.1) is 0 Å². The van der Waals surface area contributed by atoms with E-state index < -0.39 is 0 Å². The van der Waals surface area contributed by atoms with Gasteiger partial charge in [0.05, 0.1) is 12.2 Å². The van der Waals surface area contributed by atoms with Gasteiger partial charge in [0.25, 0.3) is 0 Å². The minimum atomic E-state index is 0.282. The molecular weight excluding hydrogens is 162 g/mol. The fourth-order valence-electron chi connectivity index (χ4n) is 2.97. The Balaban J connectivity index is 2.05. The monoisotopic (exact) mass is 183 g/mol. The Morgan fingerprint density at radius 2 is 2.08 bits per heavy atom. The number of hydrogen-bond donors (Lipinski definition) is 1. The molecule has 0 bridgehead atoms. The van der Waals surface area contributed by atoms with Crippen LogP contribution in [0.4, 0.5) is 0 Å². The van der Waals surface area contributed by atoms with Crippen LogP contribution in [0.25, 0.3) is 0 Å². The van der Waals surface area contributed by atoms with Crippen molar-refractivity contribution in [1.29, 1.82) is 0 Å². The molecule has 1 saturated heterocycles. The first kappa shape index (κ1) is 9.47. The molecule has 0 radical (unpaired) electrons. The first-order valence-electron chi connectivity index (χ1n) is 5.53. The van der Waals surface area contributed by atoms with Gasteiger partial charge < -0.3 is 10.1 Å². The van der Waals surface area contributed by atoms with Crippen molar-refractivity contribution >= 4 is 0 Å². The molecule has 0 unspecified atom stereocenters. The highest BCUT2D eigenvalue weighted by molar-refractivity contribution is 5.06. The second-order valence-corrected chi connectivity index (χ2v) is 4.95. The molecule has 1 aliphatic carbocycles. The lowest BCUT2D eigenvalue weighted by Gasteiger charge is -2.33. The lowest BCUT2D eigenvalue weighted by atomic mass is 9.89. The smallest absolute Gasteiger partial charge is 0.0760 e. The summed E-state index contributed by atoms with van der Waals surface area (Å²) in [7, 11) is 0. The molecule has 0 aromatic heterocycles. The van der Waals surface area contributed by atoms with Crippen LogP contribution in [0.15, 0.2) is 0 Å². The van der Waals surface area contributed by atoms with Gasteiger partial charge in [-0.05, 0) is 52.5 Å². The van der Waals surface area contributed by atoms with E-state index in [1.54, 1.807) is 0 Å². The lowest BCUT2D eigenvalue weighted by Crippen LogP contribution is -2.49. The summed E-state index contributed by atoms with van der Waals surface area (Å²) in [6.07, 6.45) is 4.74. The van der Waals surface area contributed by atoms with Crippen LogP contribution in [0.3, 0.4) is 0 Å². The van der Waals surface area contributed by atoms with E-state index in [2.05, 4.69) is 26.1 Å². The van der Waals surface area contributed by atoms with Gasteiger partial charge in [-0.2, -0.15) is 0 Å². The van der Waals surface area contributed by atoms with Crippen LogP contribution in [-0.4, -0.2) is 24.3 Å². The first-order chi connectivity index (χ1) is 6.13. The summed E-state index contributed by atoms with van der Waals surface area (Å²) < 4.78 is 5.97. The highest BCUT2D eigenvalue weighted by Gasteiger charge is 2.49. The lowest BCUT2D eigenvalue weighted by molar-refractivity contribution is -0.0291. The summed E-state index contributed by atoms with van der Waals surface area (Å²) >= 11 is 0. The van der Waals surface area contributed by atoms with Gasteiger partial charge in [0, 0.05) is 5.54 Å². The van der Waals surface area contributed by atoms with Crippen LogP contribution in [0.5, 0.6) is 0 Å². The van der Waals surface area contributed by atoms with E-state index >= 15 is 0 Å². The molecule has 13 heavy (non-hydrogen) atoms. The van der Waals surface area contributed by atoms with Crippen molar-refractivity contribution in [2.24, 2.45) is 5.92 Å². The molecule has 3 atom stereocenters. The fraction of sp³-hybridized carbons (Fsp3) is 1.00. The first-order valence-corrected chi connectivity index (χ1v) is 5.53. The predicted molar refractivity (Wildman–Crippen MR) is 53.8 cm³/mol. The molecule has 2 aliphatic rings. The standard InChI is InChI=1S/C11H21NO/c1-8(2)13-10-5-4-9-6-7-12-11(9,10)3/h8-10,12H,4-7H2,1-3H3/t9-,10+,11+/m1/s1. The number of ether oxygens (including phenoxy) is 1. The van der Waals surface area contributed by atoms with Gasteiger partial charge in [-0.1, -0.05) is 0 Å². The highest BCUT2D eigenvalue weighted by atomic mass is 16.5. The van der Waals surface area contributed by atoms with Crippen LogP contribution in [-0.2, 0) is 4.74 Å². The highest BCUT2D eigenvalue weighted by Crippen LogP contribution is 2.43. The number of fused-ring (bicyclic) bond motifs is 1. The normalized spacial score (nSPS) is 44.3. The molecular formula is C11H21NO. The van der Waals surface area contributed by atoms with E-state index in [1.807, 2.05) is 0 Å². The van der Waals surface area contributed by atoms with Crippen molar-refractivity contribution in [1.82, 2.24) is 5.32 Å². The molecule has 76 valence electrons. The van der Waals surface area contributed by atoms with E-state index in [1.165, 1.54) is 25.8 Å². The average Bonchev–Trinajstić information content (AvgIpc) is 2.51. The minimum absolute atomic E-state index is 0.282. The molecule has 0 aromatic carbocycles. The Morgan fingerprint density at radius 3 is 2.77 bits per heavy atom. The van der Waals surface area contributed by atoms with E-state index in [-0.39, 0.29) is 5.54 Å². The maximum Gasteiger partial charge on any atom is 0.0760 e. The second-order valence-electron chi connectivity index (χ2n) is 4.95. The molecule has 2 rings (SSSR count). The summed E-state index contributed by atoms with van der Waals surface area (Å²) in [5.74, 6) is 0.858. The topological polar surface area (TPSA) is 21.3 Å². The number of nitrogens with one attached hydrogen (secondary N) is 1. The van der Waals surface area contributed by atoms with E-state index in [0.29, 0.717) is 12.2 Å². The third-order valence-electron chi connectivity index (χ3n) is 3.73. The Hall–Kier alpha value is -0.0800. The third kappa shape index (κ3) is 1.50. The molecule has 0 amide bonds. The number of rotatable bonds is 2. The van der Waals surface area contributed by atoms with Gasteiger partial charge in [0.2, 0.25) is 0 Å². The van der Waals surface area contributed by atoms with Crippen molar-refractivity contribution < 1.29 is 4.74 Å². The van der Waals surface area contributed by atoms with Crippen LogP contribution in [0.1, 0.15) is 40.0 Å². The zero-order chi connectivity index (χ0) is 9.47. The molecule has 1 heterocycles. The quantitative estimate of drug-likeness (QED) is 0.706. The SMILES string of the molecule is CC(C)O[C@H]1CC[C@@H]2CCN[C@@]21C. The van der Waals surface area contributed by atoms with Crippen molar-refractivity contribution in [3.63, 3.8) is 0 Å². The van der Waals surface area contributed by atoms with Crippen LogP contribution in [0, 0.1) is 5.92 Å². The third-order valence-corrected chi connectivity index (χ3v) is 3.73. The summed E-state index contributed by atoms with van der Waals surface area (Å²) in [6, 6.07) is 0. The van der Waals surface area contributed by atoms with Crippen molar-refractivity contribution in [2.45, 2.75) is 57.8 Å². The summed E-state index contributed by atoms with van der Waals surface area (Å²) in [6.45, 7) is 7.78. The van der Waals surface area contributed by atoms with Crippen molar-refractivity contribution in [2.75, 3.05) is 6.54 Å². The largest absolute Gasteiger partial charge is 0.374 e. The minimum Gasteiger partial charge on any atom is -0.374 e. The Labute approximate surface area is 81.0 Å². The van der Waals surface area contributed by atoms with Crippen molar-refractivity contribution in [3.05, 3.63) is 0 Å². The molecule has 2 fully saturated rings. The molecule has 0 spiro atoms. The molecule has 2 nitrogen and oxygen atoms in total. The van der Waals surface area contributed by atoms with Gasteiger partial charge in [0.1, 0.15) is 0 Å². The molecule has 0 aromatic rings. The molecule has 2 heteroatoms. The van der Waals surface area contributed by atoms with Gasteiger partial charge in [-0.3, -0.25) is 0 Å². The summed E-state index contributed by atoms with van der Waals surface area (Å²) in [5.41, 5.74) is 0.282. The van der Waals surface area contributed by atoms with Crippen LogP contribution >= 0.6 is 0 Å². The van der Waals surface area contributed by atoms with Crippen LogP contribution in [0.2, 0.25) is 0 Å². The van der Waals surface area contributed by atoms with Crippen molar-refractivity contribution in [3.8, 4) is 0 Å². The molecule has 1 N–H and O–H groups in total. The Kier molecular flexibility index (Phi) is 2.37. The number of hydrogen-bond acceptors (Lipinski definition) is 2. The zero-order valence-electron chi connectivity index (χ0n) is 8.97. The maximum atomic E-state index is 5.97. The van der Waals surface area contributed by atoms with Crippen LogP contribution < -0.4 is 5.32 Å². The summed E-state index contributed by atoms with van der Waals surface area (Å²) in [4.78, 5) is 0. The van der Waals surface area contributed by atoms with Gasteiger partial charge in [0.15, 0.2) is 0 Å². The van der Waals surface area contributed by atoms with E-state index in [9.17, 15) is 0 Å². The fourth-order valence-corrected chi connectivity index (χ4v) is 2.97. The van der Waals surface area contributed by atoms with E-state index in [4.69, 9.17) is 4.74 Å².